The van der Waals surface area contributed by atoms with E-state index in [0.29, 0.717) is 0 Å². The summed E-state index contributed by atoms with van der Waals surface area (Å²) in [5, 5.41) is 3.63. The van der Waals surface area contributed by atoms with E-state index >= 15 is 0 Å². The number of hydrogen-bond donors (Lipinski definition) is 2. The van der Waals surface area contributed by atoms with Crippen molar-refractivity contribution in [3.05, 3.63) is 29.3 Å². The van der Waals surface area contributed by atoms with Crippen LogP contribution in [0, 0.1) is 6.92 Å². The van der Waals surface area contributed by atoms with Gasteiger partial charge in [0.15, 0.2) is 0 Å². The third kappa shape index (κ3) is 3.20. The molecule has 1 saturated heterocycles. The summed E-state index contributed by atoms with van der Waals surface area (Å²) in [6, 6.07) is 6.28. The van der Waals surface area contributed by atoms with Gasteiger partial charge in [0.05, 0.1) is 0 Å². The Morgan fingerprint density at radius 3 is 2.71 bits per heavy atom. The highest BCUT2D eigenvalue weighted by atomic mass is 16.5. The second-order valence-corrected chi connectivity index (χ2v) is 5.22. The lowest BCUT2D eigenvalue weighted by atomic mass is 9.92. The first-order valence-corrected chi connectivity index (χ1v) is 6.27. The zero-order chi connectivity index (χ0) is 12.3. The summed E-state index contributed by atoms with van der Waals surface area (Å²) in [6.45, 7) is 6.90. The van der Waals surface area contributed by atoms with E-state index in [-0.39, 0.29) is 5.54 Å². The monoisotopic (exact) mass is 234 g/mol. The molecule has 1 heterocycles. The molecule has 17 heavy (non-hydrogen) atoms. The molecule has 0 bridgehead atoms. The molecule has 0 spiro atoms. The maximum absolute atomic E-state index is 5.91. The van der Waals surface area contributed by atoms with Crippen LogP contribution in [-0.4, -0.2) is 18.8 Å². The molecule has 0 aromatic heterocycles. The Bertz CT molecular complexity index is 384. The number of aryl methyl sites for hydroxylation is 1. The van der Waals surface area contributed by atoms with Crippen LogP contribution in [0.15, 0.2) is 18.2 Å². The van der Waals surface area contributed by atoms with E-state index in [9.17, 15) is 0 Å². The van der Waals surface area contributed by atoms with E-state index in [0.717, 1.165) is 43.9 Å². The number of nitrogen functional groups attached to an aromatic ring is 1. The lowest BCUT2D eigenvalue weighted by Crippen LogP contribution is -2.46. The van der Waals surface area contributed by atoms with Crippen molar-refractivity contribution in [1.29, 1.82) is 0 Å². The van der Waals surface area contributed by atoms with Crippen LogP contribution in [0.1, 0.15) is 30.9 Å². The Hall–Kier alpha value is -1.06. The van der Waals surface area contributed by atoms with Crippen LogP contribution in [0.2, 0.25) is 0 Å². The molecular weight excluding hydrogens is 212 g/mol. The van der Waals surface area contributed by atoms with E-state index in [4.69, 9.17) is 10.5 Å². The third-order valence-electron chi connectivity index (χ3n) is 3.66. The molecule has 3 heteroatoms. The van der Waals surface area contributed by atoms with E-state index in [2.05, 4.69) is 30.4 Å². The molecule has 0 unspecified atom stereocenters. The van der Waals surface area contributed by atoms with Crippen LogP contribution in [0.4, 0.5) is 5.69 Å². The number of nitrogens with two attached hydrogens (primary N) is 1. The molecule has 94 valence electrons. The average Bonchev–Trinajstić information content (AvgIpc) is 2.32. The highest BCUT2D eigenvalue weighted by Gasteiger charge is 2.26. The van der Waals surface area contributed by atoms with Gasteiger partial charge in [-0.2, -0.15) is 0 Å². The molecule has 0 atom stereocenters. The molecule has 3 N–H and O–H groups in total. The van der Waals surface area contributed by atoms with Gasteiger partial charge in [-0.1, -0.05) is 12.1 Å². The van der Waals surface area contributed by atoms with Crippen LogP contribution >= 0.6 is 0 Å². The Kier molecular flexibility index (Phi) is 3.69. The second kappa shape index (κ2) is 5.07. The van der Waals surface area contributed by atoms with Crippen molar-refractivity contribution in [3.8, 4) is 0 Å². The van der Waals surface area contributed by atoms with Gasteiger partial charge in [0.1, 0.15) is 0 Å². The van der Waals surface area contributed by atoms with Crippen LogP contribution in [0.5, 0.6) is 0 Å². The van der Waals surface area contributed by atoms with Gasteiger partial charge >= 0.3 is 0 Å². The van der Waals surface area contributed by atoms with Gasteiger partial charge in [0.25, 0.3) is 0 Å². The summed E-state index contributed by atoms with van der Waals surface area (Å²) in [7, 11) is 0. The SMILES string of the molecule is Cc1ccc(CNC2(C)CCOCC2)cc1N. The zero-order valence-electron chi connectivity index (χ0n) is 10.8. The Balaban J connectivity index is 1.94. The van der Waals surface area contributed by atoms with Crippen LogP contribution in [-0.2, 0) is 11.3 Å². The molecule has 2 rings (SSSR count). The molecule has 0 aliphatic carbocycles. The van der Waals surface area contributed by atoms with Gasteiger partial charge in [-0.05, 0) is 43.9 Å². The zero-order valence-corrected chi connectivity index (χ0v) is 10.8. The number of ether oxygens (including phenoxy) is 1. The molecule has 0 radical (unpaired) electrons. The number of anilines is 1. The quantitative estimate of drug-likeness (QED) is 0.788. The maximum Gasteiger partial charge on any atom is 0.0483 e. The van der Waals surface area contributed by atoms with Crippen molar-refractivity contribution in [2.24, 2.45) is 0 Å². The topological polar surface area (TPSA) is 47.3 Å². The molecule has 1 aliphatic heterocycles. The minimum absolute atomic E-state index is 0.206. The fourth-order valence-electron chi connectivity index (χ4n) is 2.11. The summed E-state index contributed by atoms with van der Waals surface area (Å²) in [4.78, 5) is 0. The molecule has 1 aromatic carbocycles. The smallest absolute Gasteiger partial charge is 0.0483 e. The number of nitrogens with one attached hydrogen (secondary N) is 1. The standard InChI is InChI=1S/C14H22N2O/c1-11-3-4-12(9-13(11)15)10-16-14(2)5-7-17-8-6-14/h3-4,9,16H,5-8,10,15H2,1-2H3. The summed E-state index contributed by atoms with van der Waals surface area (Å²) in [5.41, 5.74) is 9.39. The molecule has 1 fully saturated rings. The molecule has 1 aliphatic rings. The fourth-order valence-corrected chi connectivity index (χ4v) is 2.11. The summed E-state index contributed by atoms with van der Waals surface area (Å²) in [6.07, 6.45) is 2.16. The van der Waals surface area contributed by atoms with Gasteiger partial charge < -0.3 is 15.8 Å². The average molecular weight is 234 g/mol. The predicted octanol–water partition coefficient (Wildman–Crippen LogP) is 2.24. The van der Waals surface area contributed by atoms with E-state index < -0.39 is 0 Å². The van der Waals surface area contributed by atoms with Gasteiger partial charge in [0.2, 0.25) is 0 Å². The Labute approximate surface area is 103 Å². The fraction of sp³-hybridized carbons (Fsp3) is 0.571. The lowest BCUT2D eigenvalue weighted by molar-refractivity contribution is 0.0446. The first-order chi connectivity index (χ1) is 8.09. The largest absolute Gasteiger partial charge is 0.399 e. The van der Waals surface area contributed by atoms with Crippen LogP contribution in [0.3, 0.4) is 0 Å². The van der Waals surface area contributed by atoms with Gasteiger partial charge in [-0.25, -0.2) is 0 Å². The van der Waals surface area contributed by atoms with Crippen molar-refractivity contribution in [1.82, 2.24) is 5.32 Å². The van der Waals surface area contributed by atoms with Crippen molar-refractivity contribution >= 4 is 5.69 Å². The molecule has 0 saturated carbocycles. The van der Waals surface area contributed by atoms with E-state index in [1.807, 2.05) is 6.92 Å². The molecule has 3 nitrogen and oxygen atoms in total. The van der Waals surface area contributed by atoms with Gasteiger partial charge in [-0.15, -0.1) is 0 Å². The summed E-state index contributed by atoms with van der Waals surface area (Å²) >= 11 is 0. The van der Waals surface area contributed by atoms with E-state index in [1.54, 1.807) is 0 Å². The first kappa shape index (κ1) is 12.4. The Morgan fingerprint density at radius 2 is 2.06 bits per heavy atom. The molecule has 1 aromatic rings. The van der Waals surface area contributed by atoms with Crippen LogP contribution in [0.25, 0.3) is 0 Å². The molecule has 0 amide bonds. The van der Waals surface area contributed by atoms with Crippen molar-refractivity contribution in [2.45, 2.75) is 38.8 Å². The van der Waals surface area contributed by atoms with Crippen molar-refractivity contribution in [2.75, 3.05) is 18.9 Å². The summed E-state index contributed by atoms with van der Waals surface area (Å²) < 4.78 is 5.39. The van der Waals surface area contributed by atoms with Crippen LogP contribution < -0.4 is 11.1 Å². The highest BCUT2D eigenvalue weighted by Crippen LogP contribution is 2.21. The second-order valence-electron chi connectivity index (χ2n) is 5.22. The Morgan fingerprint density at radius 1 is 1.35 bits per heavy atom. The summed E-state index contributed by atoms with van der Waals surface area (Å²) in [5.74, 6) is 0. The minimum atomic E-state index is 0.206. The first-order valence-electron chi connectivity index (χ1n) is 6.27. The normalized spacial score (nSPS) is 19.2. The predicted molar refractivity (Wildman–Crippen MR) is 70.9 cm³/mol. The van der Waals surface area contributed by atoms with E-state index in [1.165, 1.54) is 5.56 Å². The van der Waals surface area contributed by atoms with Crippen molar-refractivity contribution in [3.63, 3.8) is 0 Å². The highest BCUT2D eigenvalue weighted by molar-refractivity contribution is 5.48. The number of rotatable bonds is 3. The number of hydrogen-bond acceptors (Lipinski definition) is 3. The van der Waals surface area contributed by atoms with Gasteiger partial charge in [-0.3, -0.25) is 0 Å². The molecular formula is C14H22N2O. The third-order valence-corrected chi connectivity index (χ3v) is 3.66. The minimum Gasteiger partial charge on any atom is -0.399 e. The van der Waals surface area contributed by atoms with Gasteiger partial charge in [0, 0.05) is 31.0 Å². The maximum atomic E-state index is 5.91. The van der Waals surface area contributed by atoms with Crippen molar-refractivity contribution < 1.29 is 4.74 Å². The number of benzene rings is 1. The lowest BCUT2D eigenvalue weighted by Gasteiger charge is -2.34.